The third-order valence-corrected chi connectivity index (χ3v) is 3.64. The van der Waals surface area contributed by atoms with Gasteiger partial charge in [0.1, 0.15) is 0 Å². The lowest BCUT2D eigenvalue weighted by molar-refractivity contribution is 0.103. The van der Waals surface area contributed by atoms with Gasteiger partial charge in [-0.3, -0.25) is 4.79 Å². The zero-order valence-corrected chi connectivity index (χ0v) is 12.0. The van der Waals surface area contributed by atoms with E-state index >= 15 is 0 Å². The molecule has 0 aliphatic heterocycles. The summed E-state index contributed by atoms with van der Waals surface area (Å²) >= 11 is 6.18. The molecule has 0 spiro atoms. The number of nitrogen functional groups attached to an aromatic ring is 1. The second-order valence-corrected chi connectivity index (χ2v) is 5.23. The summed E-state index contributed by atoms with van der Waals surface area (Å²) in [4.78, 5) is 12.5. The Kier molecular flexibility index (Phi) is 3.63. The molecule has 98 valence electrons. The molecule has 2 rings (SSSR count). The average molecular weight is 274 g/mol. The molecule has 2 nitrogen and oxygen atoms in total. The molecular formula is C16H16ClNO. The van der Waals surface area contributed by atoms with Gasteiger partial charge in [-0.25, -0.2) is 0 Å². The van der Waals surface area contributed by atoms with Crippen LogP contribution in [0.15, 0.2) is 30.3 Å². The number of ketones is 1. The predicted molar refractivity (Wildman–Crippen MR) is 79.9 cm³/mol. The number of carbonyl (C=O) groups excluding carboxylic acids is 1. The van der Waals surface area contributed by atoms with Crippen molar-refractivity contribution in [3.8, 4) is 0 Å². The highest BCUT2D eigenvalue weighted by Crippen LogP contribution is 2.25. The number of anilines is 1. The van der Waals surface area contributed by atoms with E-state index in [4.69, 9.17) is 17.3 Å². The lowest BCUT2D eigenvalue weighted by Gasteiger charge is -2.10. The predicted octanol–water partition coefficient (Wildman–Crippen LogP) is 4.08. The summed E-state index contributed by atoms with van der Waals surface area (Å²) in [5.74, 6) is -0.0643. The first-order valence-corrected chi connectivity index (χ1v) is 6.45. The van der Waals surface area contributed by atoms with Crippen molar-refractivity contribution in [2.24, 2.45) is 0 Å². The second kappa shape index (κ2) is 5.06. The van der Waals surface area contributed by atoms with Gasteiger partial charge in [-0.15, -0.1) is 0 Å². The molecule has 0 aromatic heterocycles. The number of hydrogen-bond acceptors (Lipinski definition) is 2. The Morgan fingerprint density at radius 3 is 2.21 bits per heavy atom. The summed E-state index contributed by atoms with van der Waals surface area (Å²) in [6.45, 7) is 5.82. The Bertz CT molecular complexity index is 662. The van der Waals surface area contributed by atoms with Crippen LogP contribution < -0.4 is 5.73 Å². The van der Waals surface area contributed by atoms with Crippen LogP contribution in [-0.4, -0.2) is 5.78 Å². The fourth-order valence-electron chi connectivity index (χ4n) is 2.04. The van der Waals surface area contributed by atoms with Gasteiger partial charge in [-0.05, 0) is 67.8 Å². The van der Waals surface area contributed by atoms with Crippen LogP contribution in [0.5, 0.6) is 0 Å². The molecule has 0 atom stereocenters. The van der Waals surface area contributed by atoms with Crippen LogP contribution in [0.25, 0.3) is 0 Å². The molecule has 19 heavy (non-hydrogen) atoms. The topological polar surface area (TPSA) is 43.1 Å². The molecule has 0 amide bonds. The Hall–Kier alpha value is -1.80. The third kappa shape index (κ3) is 2.64. The molecule has 0 heterocycles. The van der Waals surface area contributed by atoms with Gasteiger partial charge in [0, 0.05) is 16.8 Å². The van der Waals surface area contributed by atoms with E-state index in [1.807, 2.05) is 32.9 Å². The Morgan fingerprint density at radius 2 is 1.58 bits per heavy atom. The minimum atomic E-state index is -0.0643. The molecule has 3 heteroatoms. The molecule has 0 radical (unpaired) electrons. The summed E-state index contributed by atoms with van der Waals surface area (Å²) < 4.78 is 0. The quantitative estimate of drug-likeness (QED) is 0.662. The second-order valence-electron chi connectivity index (χ2n) is 4.82. The highest BCUT2D eigenvalue weighted by molar-refractivity contribution is 6.35. The van der Waals surface area contributed by atoms with Crippen LogP contribution in [0.3, 0.4) is 0 Å². The number of halogens is 1. The molecule has 0 saturated carbocycles. The first-order valence-electron chi connectivity index (χ1n) is 6.07. The van der Waals surface area contributed by atoms with Crippen molar-refractivity contribution in [2.45, 2.75) is 20.8 Å². The lowest BCUT2D eigenvalue weighted by Crippen LogP contribution is -2.06. The van der Waals surface area contributed by atoms with E-state index < -0.39 is 0 Å². The molecule has 0 bridgehead atoms. The van der Waals surface area contributed by atoms with Gasteiger partial charge in [-0.1, -0.05) is 11.6 Å². The fourth-order valence-corrected chi connectivity index (χ4v) is 2.35. The fraction of sp³-hybridized carbons (Fsp3) is 0.188. The van der Waals surface area contributed by atoms with E-state index in [9.17, 15) is 4.79 Å². The highest BCUT2D eigenvalue weighted by atomic mass is 35.5. The van der Waals surface area contributed by atoms with E-state index in [2.05, 4.69) is 0 Å². The van der Waals surface area contributed by atoms with Crippen molar-refractivity contribution < 1.29 is 4.79 Å². The largest absolute Gasteiger partial charge is 0.399 e. The Labute approximate surface area is 118 Å². The smallest absolute Gasteiger partial charge is 0.194 e. The number of aryl methyl sites for hydroxylation is 3. The number of hydrogen-bond donors (Lipinski definition) is 1. The van der Waals surface area contributed by atoms with E-state index in [0.29, 0.717) is 21.8 Å². The SMILES string of the molecule is Cc1cc(Cl)c(C(=O)c2ccc(N)cc2C)cc1C. The maximum atomic E-state index is 12.5. The van der Waals surface area contributed by atoms with Crippen molar-refractivity contribution in [3.05, 3.63) is 63.2 Å². The number of nitrogens with two attached hydrogens (primary N) is 1. The molecule has 0 saturated heterocycles. The molecule has 0 fully saturated rings. The molecule has 2 aromatic rings. The summed E-state index contributed by atoms with van der Waals surface area (Å²) in [5.41, 5.74) is 10.5. The molecule has 0 aliphatic rings. The highest BCUT2D eigenvalue weighted by Gasteiger charge is 2.16. The van der Waals surface area contributed by atoms with E-state index in [1.54, 1.807) is 18.2 Å². The van der Waals surface area contributed by atoms with Gasteiger partial charge < -0.3 is 5.73 Å². The Balaban J connectivity index is 2.53. The van der Waals surface area contributed by atoms with Crippen LogP contribution in [0, 0.1) is 20.8 Å². The van der Waals surface area contributed by atoms with Crippen molar-refractivity contribution in [2.75, 3.05) is 5.73 Å². The van der Waals surface area contributed by atoms with Crippen molar-refractivity contribution in [1.29, 1.82) is 0 Å². The van der Waals surface area contributed by atoms with Crippen molar-refractivity contribution in [1.82, 2.24) is 0 Å². The van der Waals surface area contributed by atoms with Crippen LogP contribution in [0.1, 0.15) is 32.6 Å². The molecular weight excluding hydrogens is 258 g/mol. The first kappa shape index (κ1) is 13.6. The van der Waals surface area contributed by atoms with Crippen LogP contribution >= 0.6 is 11.6 Å². The standard InChI is InChI=1S/C16H16ClNO/c1-9-7-14(15(17)8-10(9)2)16(19)13-5-4-12(18)6-11(13)3/h4-8H,18H2,1-3H3. The van der Waals surface area contributed by atoms with Gasteiger partial charge in [0.05, 0.1) is 5.02 Å². The maximum absolute atomic E-state index is 12.5. The Morgan fingerprint density at radius 1 is 0.947 bits per heavy atom. The summed E-state index contributed by atoms with van der Waals surface area (Å²) in [7, 11) is 0. The molecule has 0 aliphatic carbocycles. The third-order valence-electron chi connectivity index (χ3n) is 3.32. The molecule has 2 N–H and O–H groups in total. The van der Waals surface area contributed by atoms with E-state index in [0.717, 1.165) is 16.7 Å². The zero-order chi connectivity index (χ0) is 14.2. The lowest BCUT2D eigenvalue weighted by atomic mass is 9.96. The summed E-state index contributed by atoms with van der Waals surface area (Å²) in [5, 5.41) is 0.490. The van der Waals surface area contributed by atoms with Crippen LogP contribution in [-0.2, 0) is 0 Å². The minimum Gasteiger partial charge on any atom is -0.399 e. The maximum Gasteiger partial charge on any atom is 0.194 e. The van der Waals surface area contributed by atoms with Crippen LogP contribution in [0.2, 0.25) is 5.02 Å². The number of carbonyl (C=O) groups is 1. The molecule has 2 aromatic carbocycles. The summed E-state index contributed by atoms with van der Waals surface area (Å²) in [6.07, 6.45) is 0. The first-order chi connectivity index (χ1) is 8.90. The molecule has 0 unspecified atom stereocenters. The van der Waals surface area contributed by atoms with Crippen LogP contribution in [0.4, 0.5) is 5.69 Å². The van der Waals surface area contributed by atoms with Gasteiger partial charge in [-0.2, -0.15) is 0 Å². The van der Waals surface area contributed by atoms with E-state index in [1.165, 1.54) is 0 Å². The summed E-state index contributed by atoms with van der Waals surface area (Å²) in [6, 6.07) is 8.95. The van der Waals surface area contributed by atoms with Crippen molar-refractivity contribution >= 4 is 23.1 Å². The number of rotatable bonds is 2. The van der Waals surface area contributed by atoms with Gasteiger partial charge in [0.15, 0.2) is 5.78 Å². The normalized spacial score (nSPS) is 10.5. The van der Waals surface area contributed by atoms with Crippen molar-refractivity contribution in [3.63, 3.8) is 0 Å². The van der Waals surface area contributed by atoms with E-state index in [-0.39, 0.29) is 5.78 Å². The monoisotopic (exact) mass is 273 g/mol. The zero-order valence-electron chi connectivity index (χ0n) is 11.3. The average Bonchev–Trinajstić information content (AvgIpc) is 2.33. The number of benzene rings is 2. The minimum absolute atomic E-state index is 0.0643. The van der Waals surface area contributed by atoms with Gasteiger partial charge >= 0.3 is 0 Å². The van der Waals surface area contributed by atoms with Gasteiger partial charge in [0.25, 0.3) is 0 Å². The van der Waals surface area contributed by atoms with Gasteiger partial charge in [0.2, 0.25) is 0 Å².